The Morgan fingerprint density at radius 1 is 1.29 bits per heavy atom. The molecule has 2 aromatic rings. The molecule has 0 spiro atoms. The normalized spacial score (nSPS) is 10.0. The molecule has 0 aliphatic rings. The van der Waals surface area contributed by atoms with Crippen molar-refractivity contribution in [2.24, 2.45) is 0 Å². The number of halogens is 1. The Morgan fingerprint density at radius 3 is 2.76 bits per heavy atom. The highest BCUT2D eigenvalue weighted by Gasteiger charge is 2.04. The number of nitrogens with one attached hydrogen (secondary N) is 2. The molecule has 0 fully saturated rings. The second kappa shape index (κ2) is 5.33. The van der Waals surface area contributed by atoms with Gasteiger partial charge in [0.05, 0.1) is 5.00 Å². The lowest BCUT2D eigenvalue weighted by molar-refractivity contribution is 0.262. The highest BCUT2D eigenvalue weighted by molar-refractivity contribution is 9.10. The highest BCUT2D eigenvalue weighted by atomic mass is 79.9. The molecule has 0 unspecified atom stereocenters. The molecule has 2 rings (SSSR count). The van der Waals surface area contributed by atoms with Crippen molar-refractivity contribution < 1.29 is 4.79 Å². The van der Waals surface area contributed by atoms with Crippen LogP contribution >= 0.6 is 27.3 Å². The lowest BCUT2D eigenvalue weighted by Gasteiger charge is -2.07. The number of anilines is 2. The first-order chi connectivity index (χ1) is 8.15. The number of rotatable bonds is 2. The van der Waals surface area contributed by atoms with Crippen molar-refractivity contribution in [1.82, 2.24) is 0 Å². The van der Waals surface area contributed by atoms with Gasteiger partial charge in [0.15, 0.2) is 0 Å². The van der Waals surface area contributed by atoms with E-state index in [0.717, 1.165) is 20.7 Å². The van der Waals surface area contributed by atoms with Crippen LogP contribution in [0.15, 0.2) is 40.2 Å². The van der Waals surface area contributed by atoms with Gasteiger partial charge in [0.25, 0.3) is 0 Å². The van der Waals surface area contributed by atoms with Crippen molar-refractivity contribution in [2.45, 2.75) is 6.92 Å². The zero-order chi connectivity index (χ0) is 12.3. The fourth-order valence-corrected chi connectivity index (χ4v) is 2.21. The molecule has 0 radical (unpaired) electrons. The average molecular weight is 311 g/mol. The third kappa shape index (κ3) is 3.31. The van der Waals surface area contributed by atoms with Crippen molar-refractivity contribution in [3.63, 3.8) is 0 Å². The van der Waals surface area contributed by atoms with Gasteiger partial charge in [-0.15, -0.1) is 11.3 Å². The average Bonchev–Trinajstić information content (AvgIpc) is 2.76. The first-order valence-electron chi connectivity index (χ1n) is 5.03. The molecule has 2 N–H and O–H groups in total. The summed E-state index contributed by atoms with van der Waals surface area (Å²) in [4.78, 5) is 11.6. The number of thiophene rings is 1. The van der Waals surface area contributed by atoms with E-state index >= 15 is 0 Å². The number of hydrogen-bond donors (Lipinski definition) is 2. The monoisotopic (exact) mass is 310 g/mol. The van der Waals surface area contributed by atoms with Crippen molar-refractivity contribution >= 4 is 44.0 Å². The predicted octanol–water partition coefficient (Wildman–Crippen LogP) is 4.46. The molecule has 0 bridgehead atoms. The van der Waals surface area contributed by atoms with Crippen LogP contribution in [-0.4, -0.2) is 6.03 Å². The Hall–Kier alpha value is -1.33. The van der Waals surface area contributed by atoms with E-state index in [0.29, 0.717) is 0 Å². The van der Waals surface area contributed by atoms with Gasteiger partial charge in [-0.05, 0) is 48.2 Å². The first kappa shape index (κ1) is 12.1. The molecule has 2 amide bonds. The third-order valence-corrected chi connectivity index (χ3v) is 3.85. The van der Waals surface area contributed by atoms with Gasteiger partial charge in [-0.1, -0.05) is 15.9 Å². The van der Waals surface area contributed by atoms with Crippen LogP contribution in [0.1, 0.15) is 5.56 Å². The molecular formula is C12H11BrN2OS. The molecule has 0 saturated carbocycles. The maximum atomic E-state index is 11.6. The van der Waals surface area contributed by atoms with Crippen molar-refractivity contribution in [2.75, 3.05) is 10.6 Å². The van der Waals surface area contributed by atoms with E-state index in [1.54, 1.807) is 0 Å². The standard InChI is InChI=1S/C12H11BrN2OS/c1-8-7-9(4-5-10(8)13)14-12(16)15-11-3-2-6-17-11/h2-7H,1H3,(H2,14,15,16). The highest BCUT2D eigenvalue weighted by Crippen LogP contribution is 2.20. The van der Waals surface area contributed by atoms with Crippen molar-refractivity contribution in [3.05, 3.63) is 45.7 Å². The molecule has 1 heterocycles. The van der Waals surface area contributed by atoms with Crippen LogP contribution in [0.25, 0.3) is 0 Å². The zero-order valence-corrected chi connectivity index (χ0v) is 11.6. The fourth-order valence-electron chi connectivity index (χ4n) is 1.35. The Labute approximate surface area is 112 Å². The minimum Gasteiger partial charge on any atom is -0.308 e. The maximum Gasteiger partial charge on any atom is 0.324 e. The molecule has 0 aliphatic carbocycles. The number of benzene rings is 1. The van der Waals surface area contributed by atoms with Gasteiger partial charge in [-0.3, -0.25) is 5.32 Å². The van der Waals surface area contributed by atoms with Crippen LogP contribution in [-0.2, 0) is 0 Å². The summed E-state index contributed by atoms with van der Waals surface area (Å²) in [6, 6.07) is 9.20. The van der Waals surface area contributed by atoms with E-state index in [1.807, 2.05) is 42.6 Å². The van der Waals surface area contributed by atoms with Gasteiger partial charge in [-0.2, -0.15) is 0 Å². The topological polar surface area (TPSA) is 41.1 Å². The van der Waals surface area contributed by atoms with Gasteiger partial charge in [0.1, 0.15) is 0 Å². The summed E-state index contributed by atoms with van der Waals surface area (Å²) in [5.41, 5.74) is 1.86. The number of aryl methyl sites for hydroxylation is 1. The van der Waals surface area contributed by atoms with Crippen LogP contribution in [0, 0.1) is 6.92 Å². The summed E-state index contributed by atoms with van der Waals surface area (Å²) < 4.78 is 1.03. The van der Waals surface area contributed by atoms with Crippen LogP contribution in [0.3, 0.4) is 0 Å². The summed E-state index contributed by atoms with van der Waals surface area (Å²) in [5.74, 6) is 0. The molecule has 1 aromatic carbocycles. The second-order valence-corrected chi connectivity index (χ2v) is 5.32. The van der Waals surface area contributed by atoms with E-state index in [2.05, 4.69) is 26.6 Å². The lowest BCUT2D eigenvalue weighted by atomic mass is 10.2. The third-order valence-electron chi connectivity index (χ3n) is 2.17. The molecule has 5 heteroatoms. The lowest BCUT2D eigenvalue weighted by Crippen LogP contribution is -2.18. The van der Waals surface area contributed by atoms with Gasteiger partial charge >= 0.3 is 6.03 Å². The smallest absolute Gasteiger partial charge is 0.308 e. The van der Waals surface area contributed by atoms with E-state index in [4.69, 9.17) is 0 Å². The molecule has 0 aliphatic heterocycles. The summed E-state index contributed by atoms with van der Waals surface area (Å²) in [5, 5.41) is 8.29. The molecule has 3 nitrogen and oxygen atoms in total. The second-order valence-electron chi connectivity index (χ2n) is 3.52. The van der Waals surface area contributed by atoms with Crippen molar-refractivity contribution in [3.8, 4) is 0 Å². The van der Waals surface area contributed by atoms with Gasteiger partial charge in [-0.25, -0.2) is 4.79 Å². The molecule has 1 aromatic heterocycles. The van der Waals surface area contributed by atoms with E-state index in [-0.39, 0.29) is 6.03 Å². The quantitative estimate of drug-likeness (QED) is 0.844. The minimum atomic E-state index is -0.228. The summed E-state index contributed by atoms with van der Waals surface area (Å²) >= 11 is 4.91. The fraction of sp³-hybridized carbons (Fsp3) is 0.0833. The summed E-state index contributed by atoms with van der Waals surface area (Å²) in [6.45, 7) is 1.98. The van der Waals surface area contributed by atoms with Crippen LogP contribution < -0.4 is 10.6 Å². The summed E-state index contributed by atoms with van der Waals surface area (Å²) in [6.07, 6.45) is 0. The van der Waals surface area contributed by atoms with Gasteiger partial charge < -0.3 is 5.32 Å². The molecular weight excluding hydrogens is 300 g/mol. The van der Waals surface area contributed by atoms with Crippen LogP contribution in [0.2, 0.25) is 0 Å². The zero-order valence-electron chi connectivity index (χ0n) is 9.16. The SMILES string of the molecule is Cc1cc(NC(=O)Nc2cccs2)ccc1Br. The minimum absolute atomic E-state index is 0.228. The van der Waals surface area contributed by atoms with E-state index < -0.39 is 0 Å². The number of urea groups is 1. The van der Waals surface area contributed by atoms with Gasteiger partial charge in [0.2, 0.25) is 0 Å². The van der Waals surface area contributed by atoms with Gasteiger partial charge in [0, 0.05) is 10.2 Å². The summed E-state index contributed by atoms with van der Waals surface area (Å²) in [7, 11) is 0. The number of carbonyl (C=O) groups excluding carboxylic acids is 1. The van der Waals surface area contributed by atoms with Crippen LogP contribution in [0.5, 0.6) is 0 Å². The Balaban J connectivity index is 2.00. The molecule has 88 valence electrons. The molecule has 17 heavy (non-hydrogen) atoms. The molecule has 0 saturated heterocycles. The largest absolute Gasteiger partial charge is 0.324 e. The Bertz CT molecular complexity index is 525. The first-order valence-corrected chi connectivity index (χ1v) is 6.70. The van der Waals surface area contributed by atoms with Crippen LogP contribution in [0.4, 0.5) is 15.5 Å². The Kier molecular flexibility index (Phi) is 3.81. The Morgan fingerprint density at radius 2 is 2.12 bits per heavy atom. The maximum absolute atomic E-state index is 11.6. The van der Waals surface area contributed by atoms with E-state index in [9.17, 15) is 4.79 Å². The molecule has 0 atom stereocenters. The number of hydrogen-bond acceptors (Lipinski definition) is 2. The van der Waals surface area contributed by atoms with Crippen molar-refractivity contribution in [1.29, 1.82) is 0 Å². The van der Waals surface area contributed by atoms with E-state index in [1.165, 1.54) is 11.3 Å². The number of carbonyl (C=O) groups is 1. The number of amides is 2. The predicted molar refractivity (Wildman–Crippen MR) is 75.8 cm³/mol.